The number of carbonyl (C=O) groups excluding carboxylic acids is 1. The van der Waals surface area contributed by atoms with Crippen molar-refractivity contribution in [3.63, 3.8) is 0 Å². The molecule has 0 aliphatic carbocycles. The molecule has 0 unspecified atom stereocenters. The number of H-pyrrole nitrogens is 1. The number of pyridine rings is 1. The fourth-order valence-corrected chi connectivity index (χ4v) is 2.96. The number of aromatic amines is 1. The number of nitrogens with one attached hydrogen (secondary N) is 2. The molecule has 1 fully saturated rings. The molecule has 0 aromatic carbocycles. The van der Waals surface area contributed by atoms with Crippen LogP contribution in [0.1, 0.15) is 35.4 Å². The van der Waals surface area contributed by atoms with Crippen molar-refractivity contribution in [1.82, 2.24) is 20.2 Å². The van der Waals surface area contributed by atoms with Crippen LogP contribution in [0, 0.1) is 0 Å². The Kier molecular flexibility index (Phi) is 4.85. The molecule has 0 spiro atoms. The van der Waals surface area contributed by atoms with Crippen LogP contribution in [0.3, 0.4) is 0 Å². The van der Waals surface area contributed by atoms with Gasteiger partial charge in [-0.15, -0.1) is 0 Å². The van der Waals surface area contributed by atoms with Crippen molar-refractivity contribution in [2.75, 3.05) is 13.1 Å². The van der Waals surface area contributed by atoms with Gasteiger partial charge < -0.3 is 15.2 Å². The fourth-order valence-electron chi connectivity index (χ4n) is 2.96. The van der Waals surface area contributed by atoms with Crippen molar-refractivity contribution in [3.8, 4) is 0 Å². The minimum Gasteiger partial charge on any atom is -0.357 e. The summed E-state index contributed by atoms with van der Waals surface area (Å²) in [4.78, 5) is 22.3. The van der Waals surface area contributed by atoms with E-state index in [1.165, 1.54) is 0 Å². The Morgan fingerprint density at radius 1 is 1.23 bits per heavy atom. The lowest BCUT2D eigenvalue weighted by molar-refractivity contribution is 0.0637. The smallest absolute Gasteiger partial charge is 0.270 e. The molecule has 22 heavy (non-hydrogen) atoms. The first kappa shape index (κ1) is 14.8. The molecule has 1 aliphatic heterocycles. The van der Waals surface area contributed by atoms with E-state index in [2.05, 4.69) is 15.3 Å². The van der Waals surface area contributed by atoms with Crippen LogP contribution in [-0.4, -0.2) is 39.9 Å². The number of hydrogen-bond acceptors (Lipinski definition) is 3. The SMILES string of the molecule is O=C(c1ccc[nH]1)N(Cc1ccccn1)[C@H]1CCCNCC1. The van der Waals surface area contributed by atoms with Gasteiger partial charge in [0.15, 0.2) is 0 Å². The summed E-state index contributed by atoms with van der Waals surface area (Å²) in [6.07, 6.45) is 6.69. The number of rotatable bonds is 4. The highest BCUT2D eigenvalue weighted by Crippen LogP contribution is 2.18. The highest BCUT2D eigenvalue weighted by molar-refractivity contribution is 5.92. The molecule has 2 aromatic heterocycles. The van der Waals surface area contributed by atoms with Crippen molar-refractivity contribution in [2.45, 2.75) is 31.8 Å². The summed E-state index contributed by atoms with van der Waals surface area (Å²) in [5.74, 6) is 0.0579. The van der Waals surface area contributed by atoms with E-state index < -0.39 is 0 Å². The van der Waals surface area contributed by atoms with Crippen LogP contribution in [0.5, 0.6) is 0 Å². The lowest BCUT2D eigenvalue weighted by Gasteiger charge is -2.30. The Morgan fingerprint density at radius 3 is 2.95 bits per heavy atom. The minimum atomic E-state index is 0.0579. The van der Waals surface area contributed by atoms with Gasteiger partial charge in [-0.2, -0.15) is 0 Å². The van der Waals surface area contributed by atoms with Gasteiger partial charge in [0.05, 0.1) is 12.2 Å². The van der Waals surface area contributed by atoms with E-state index in [9.17, 15) is 4.79 Å². The van der Waals surface area contributed by atoms with Gasteiger partial charge in [-0.1, -0.05) is 6.07 Å². The van der Waals surface area contributed by atoms with Crippen LogP contribution in [0.2, 0.25) is 0 Å². The van der Waals surface area contributed by atoms with Gasteiger partial charge in [-0.25, -0.2) is 0 Å². The standard InChI is InChI=1S/C17H22N4O/c22-17(16-7-4-11-20-16)21(13-14-5-1-2-10-19-14)15-6-3-9-18-12-8-15/h1-2,4-5,7,10-11,15,18,20H,3,6,8-9,12-13H2/t15-/m0/s1. The molecule has 5 nitrogen and oxygen atoms in total. The Labute approximate surface area is 130 Å². The van der Waals surface area contributed by atoms with Gasteiger partial charge in [-0.05, 0) is 56.6 Å². The van der Waals surface area contributed by atoms with E-state index in [-0.39, 0.29) is 11.9 Å². The van der Waals surface area contributed by atoms with Crippen molar-refractivity contribution < 1.29 is 4.79 Å². The van der Waals surface area contributed by atoms with Crippen molar-refractivity contribution in [1.29, 1.82) is 0 Å². The quantitative estimate of drug-likeness (QED) is 0.909. The average molecular weight is 298 g/mol. The van der Waals surface area contributed by atoms with E-state index in [0.29, 0.717) is 12.2 Å². The van der Waals surface area contributed by atoms with Gasteiger partial charge in [0.1, 0.15) is 5.69 Å². The largest absolute Gasteiger partial charge is 0.357 e. The first-order valence-electron chi connectivity index (χ1n) is 7.89. The van der Waals surface area contributed by atoms with Crippen molar-refractivity contribution >= 4 is 5.91 Å². The molecule has 1 saturated heterocycles. The maximum atomic E-state index is 12.9. The molecule has 0 radical (unpaired) electrons. The molecular weight excluding hydrogens is 276 g/mol. The molecule has 1 atom stereocenters. The Morgan fingerprint density at radius 2 is 2.18 bits per heavy atom. The zero-order chi connectivity index (χ0) is 15.2. The Bertz CT molecular complexity index is 574. The van der Waals surface area contributed by atoms with Gasteiger partial charge in [0.2, 0.25) is 0 Å². The lowest BCUT2D eigenvalue weighted by atomic mass is 10.1. The predicted octanol–water partition coefficient (Wildman–Crippen LogP) is 2.19. The third-order valence-electron chi connectivity index (χ3n) is 4.13. The zero-order valence-electron chi connectivity index (χ0n) is 12.7. The van der Waals surface area contributed by atoms with Gasteiger partial charge >= 0.3 is 0 Å². The first-order chi connectivity index (χ1) is 10.8. The molecule has 2 aromatic rings. The zero-order valence-corrected chi connectivity index (χ0v) is 12.7. The molecule has 0 bridgehead atoms. The number of hydrogen-bond donors (Lipinski definition) is 2. The molecule has 2 N–H and O–H groups in total. The third-order valence-corrected chi connectivity index (χ3v) is 4.13. The van der Waals surface area contributed by atoms with Crippen molar-refractivity contribution in [3.05, 3.63) is 54.1 Å². The number of carbonyl (C=O) groups is 1. The normalized spacial score (nSPS) is 18.6. The van der Waals surface area contributed by atoms with Crippen LogP contribution in [0.15, 0.2) is 42.7 Å². The summed E-state index contributed by atoms with van der Waals surface area (Å²) in [5, 5.41) is 3.41. The van der Waals surface area contributed by atoms with Crippen LogP contribution >= 0.6 is 0 Å². The summed E-state index contributed by atoms with van der Waals surface area (Å²) in [6, 6.07) is 9.80. The molecule has 1 aliphatic rings. The fraction of sp³-hybridized carbons (Fsp3) is 0.412. The molecule has 1 amide bonds. The molecular formula is C17H22N4O. The number of nitrogens with zero attached hydrogens (tertiary/aromatic N) is 2. The monoisotopic (exact) mass is 298 g/mol. The van der Waals surface area contributed by atoms with E-state index in [1.807, 2.05) is 35.2 Å². The van der Waals surface area contributed by atoms with Gasteiger partial charge in [-0.3, -0.25) is 9.78 Å². The minimum absolute atomic E-state index is 0.0579. The first-order valence-corrected chi connectivity index (χ1v) is 7.89. The second-order valence-corrected chi connectivity index (χ2v) is 5.67. The van der Waals surface area contributed by atoms with Gasteiger partial charge in [0.25, 0.3) is 5.91 Å². The summed E-state index contributed by atoms with van der Waals surface area (Å²) in [5.41, 5.74) is 1.58. The third kappa shape index (κ3) is 3.54. The molecule has 5 heteroatoms. The second kappa shape index (κ2) is 7.22. The maximum Gasteiger partial charge on any atom is 0.270 e. The molecule has 3 rings (SSSR count). The number of amides is 1. The van der Waals surface area contributed by atoms with Crippen LogP contribution in [-0.2, 0) is 6.54 Å². The van der Waals surface area contributed by atoms with Crippen LogP contribution in [0.25, 0.3) is 0 Å². The number of aromatic nitrogens is 2. The maximum absolute atomic E-state index is 12.9. The molecule has 116 valence electrons. The Hall–Kier alpha value is -2.14. The highest BCUT2D eigenvalue weighted by Gasteiger charge is 2.26. The van der Waals surface area contributed by atoms with E-state index in [1.54, 1.807) is 12.4 Å². The summed E-state index contributed by atoms with van der Waals surface area (Å²) in [6.45, 7) is 2.55. The highest BCUT2D eigenvalue weighted by atomic mass is 16.2. The van der Waals surface area contributed by atoms with Crippen LogP contribution in [0.4, 0.5) is 0 Å². The van der Waals surface area contributed by atoms with Gasteiger partial charge in [0, 0.05) is 18.4 Å². The summed E-state index contributed by atoms with van der Waals surface area (Å²) >= 11 is 0. The van der Waals surface area contributed by atoms with Crippen LogP contribution < -0.4 is 5.32 Å². The van der Waals surface area contributed by atoms with E-state index in [0.717, 1.165) is 38.0 Å². The van der Waals surface area contributed by atoms with E-state index in [4.69, 9.17) is 0 Å². The molecule has 0 saturated carbocycles. The Balaban J connectivity index is 1.82. The molecule has 3 heterocycles. The lowest BCUT2D eigenvalue weighted by Crippen LogP contribution is -2.40. The summed E-state index contributed by atoms with van der Waals surface area (Å²) in [7, 11) is 0. The second-order valence-electron chi connectivity index (χ2n) is 5.67. The van der Waals surface area contributed by atoms with E-state index >= 15 is 0 Å². The van der Waals surface area contributed by atoms with Crippen molar-refractivity contribution in [2.24, 2.45) is 0 Å². The summed E-state index contributed by atoms with van der Waals surface area (Å²) < 4.78 is 0. The average Bonchev–Trinajstić information content (AvgIpc) is 2.96. The predicted molar refractivity (Wildman–Crippen MR) is 85.4 cm³/mol. The topological polar surface area (TPSA) is 61.0 Å².